The lowest BCUT2D eigenvalue weighted by atomic mass is 9.92. The van der Waals surface area contributed by atoms with Crippen LogP contribution in [0.25, 0.3) is 10.8 Å². The van der Waals surface area contributed by atoms with Gasteiger partial charge in [0, 0.05) is 48.7 Å². The van der Waals surface area contributed by atoms with Crippen LogP contribution in [-0.2, 0) is 31.1 Å². The van der Waals surface area contributed by atoms with Gasteiger partial charge in [0.25, 0.3) is 0 Å². The number of ether oxygens (including phenoxy) is 1. The fourth-order valence-electron chi connectivity index (χ4n) is 6.97. The minimum absolute atomic E-state index is 0.0820. The fraction of sp³-hybridized carbons (Fsp3) is 0.586. The highest BCUT2D eigenvalue weighted by atomic mass is 19.4. The van der Waals surface area contributed by atoms with E-state index in [4.69, 9.17) is 4.74 Å². The van der Waals surface area contributed by atoms with E-state index in [0.717, 1.165) is 16.3 Å². The summed E-state index contributed by atoms with van der Waals surface area (Å²) in [7, 11) is 0. The maximum atomic E-state index is 14.1. The average Bonchev–Trinajstić information content (AvgIpc) is 3.61. The number of alkyl halides is 3. The molecule has 3 fully saturated rings. The lowest BCUT2D eigenvalue weighted by Gasteiger charge is -2.36. The molecule has 6 atom stereocenters. The Kier molecular flexibility index (Phi) is 6.14. The molecular formula is C29H31F3N6O4. The number of fused-ring (bicyclic) bond motifs is 1. The first-order valence-electron chi connectivity index (χ1n) is 13.9. The normalized spacial score (nSPS) is 29.3. The Balaban J connectivity index is 1.31. The van der Waals surface area contributed by atoms with Gasteiger partial charge in [-0.05, 0) is 54.9 Å². The number of carbonyl (C=O) groups is 3. The summed E-state index contributed by atoms with van der Waals surface area (Å²) in [5.74, 6) is -4.05. The summed E-state index contributed by atoms with van der Waals surface area (Å²) >= 11 is 0. The second-order valence-corrected chi connectivity index (χ2v) is 12.9. The van der Waals surface area contributed by atoms with Gasteiger partial charge in [-0.3, -0.25) is 24.4 Å². The Hall–Kier alpha value is -3.79. The van der Waals surface area contributed by atoms with Crippen LogP contribution in [0.15, 0.2) is 24.8 Å². The number of amides is 3. The molecule has 0 aromatic carbocycles. The van der Waals surface area contributed by atoms with Crippen LogP contribution in [0, 0.1) is 28.6 Å². The molecule has 3 amide bonds. The minimum atomic E-state index is -5.21. The Morgan fingerprint density at radius 2 is 1.81 bits per heavy atom. The molecule has 1 saturated heterocycles. The highest BCUT2D eigenvalue weighted by Crippen LogP contribution is 2.65. The van der Waals surface area contributed by atoms with Crippen molar-refractivity contribution < 1.29 is 32.3 Å². The van der Waals surface area contributed by atoms with Crippen LogP contribution >= 0.6 is 0 Å². The number of nitrogens with one attached hydrogen (secondary N) is 2. The molecule has 3 heterocycles. The Bertz CT molecular complexity index is 1540. The second-order valence-electron chi connectivity index (χ2n) is 12.9. The fourth-order valence-corrected chi connectivity index (χ4v) is 6.97. The molecule has 2 N–H and O–H groups in total. The van der Waals surface area contributed by atoms with Crippen LogP contribution in [0.2, 0.25) is 0 Å². The van der Waals surface area contributed by atoms with E-state index in [1.54, 1.807) is 25.5 Å². The molecule has 42 heavy (non-hydrogen) atoms. The monoisotopic (exact) mass is 584 g/mol. The van der Waals surface area contributed by atoms with Gasteiger partial charge in [0.2, 0.25) is 11.8 Å². The smallest absolute Gasteiger partial charge is 0.370 e. The first-order valence-corrected chi connectivity index (χ1v) is 13.9. The van der Waals surface area contributed by atoms with E-state index in [0.29, 0.717) is 18.4 Å². The van der Waals surface area contributed by atoms with Crippen molar-refractivity contribution in [3.05, 3.63) is 35.9 Å². The number of aromatic nitrogens is 2. The zero-order valence-electron chi connectivity index (χ0n) is 23.6. The molecule has 2 saturated carbocycles. The van der Waals surface area contributed by atoms with Gasteiger partial charge in [-0.1, -0.05) is 13.8 Å². The Morgan fingerprint density at radius 3 is 2.43 bits per heavy atom. The summed E-state index contributed by atoms with van der Waals surface area (Å²) in [4.78, 5) is 49.7. The van der Waals surface area contributed by atoms with Crippen molar-refractivity contribution in [2.45, 2.75) is 82.5 Å². The molecule has 2 aromatic heterocycles. The van der Waals surface area contributed by atoms with E-state index in [2.05, 4.69) is 21.4 Å². The van der Waals surface area contributed by atoms with Gasteiger partial charge in [-0.2, -0.15) is 18.4 Å². The molecule has 1 aliphatic heterocycles. The summed E-state index contributed by atoms with van der Waals surface area (Å²) in [5, 5.41) is 16.6. The molecule has 3 aliphatic carbocycles. The lowest BCUT2D eigenvalue weighted by molar-refractivity contribution is -0.177. The average molecular weight is 585 g/mol. The van der Waals surface area contributed by atoms with Gasteiger partial charge >= 0.3 is 12.1 Å². The van der Waals surface area contributed by atoms with Crippen molar-refractivity contribution in [2.24, 2.45) is 17.3 Å². The standard InChI is InChI=1S/C29H31F3N6O4/c1-14(42-27(4)5-6-27)21(36-25(41)29(30,31)32)24(40)38-12-18-20(26(18,2)3)22(38)23(39)37-28(13-33)7-15-8-34-9-16-10-35-11-17(28)19(15)16/h8-11,14,18,20-22H,5-7,12H2,1-4H3,(H,36,41)(H,37,39)/t14-,18+,20+,21+,22+,28?/m1/s1. The largest absolute Gasteiger partial charge is 0.471 e. The molecule has 6 rings (SSSR count). The van der Waals surface area contributed by atoms with E-state index in [1.165, 1.54) is 18.0 Å². The third kappa shape index (κ3) is 4.38. The second kappa shape index (κ2) is 9.10. The number of likely N-dealkylation sites (tertiary alicyclic amines) is 1. The van der Waals surface area contributed by atoms with Gasteiger partial charge in [0.1, 0.15) is 12.1 Å². The third-order valence-corrected chi connectivity index (χ3v) is 9.65. The van der Waals surface area contributed by atoms with Gasteiger partial charge < -0.3 is 20.3 Å². The summed E-state index contributed by atoms with van der Waals surface area (Å²) < 4.78 is 45.7. The minimum Gasteiger partial charge on any atom is -0.370 e. The molecule has 0 spiro atoms. The first kappa shape index (κ1) is 28.3. The van der Waals surface area contributed by atoms with Gasteiger partial charge in [-0.15, -0.1) is 0 Å². The molecular weight excluding hydrogens is 553 g/mol. The molecule has 1 unspecified atom stereocenters. The van der Waals surface area contributed by atoms with E-state index in [-0.39, 0.29) is 30.2 Å². The molecule has 0 radical (unpaired) electrons. The topological polar surface area (TPSA) is 137 Å². The van der Waals surface area contributed by atoms with Crippen LogP contribution in [0.4, 0.5) is 13.2 Å². The number of nitriles is 1. The summed E-state index contributed by atoms with van der Waals surface area (Å²) in [6, 6.07) is -0.490. The number of piperidine rings is 1. The molecule has 222 valence electrons. The predicted molar refractivity (Wildman–Crippen MR) is 141 cm³/mol. The highest BCUT2D eigenvalue weighted by molar-refractivity contribution is 5.96. The quantitative estimate of drug-likeness (QED) is 0.510. The molecule has 10 nitrogen and oxygen atoms in total. The first-order chi connectivity index (χ1) is 19.6. The van der Waals surface area contributed by atoms with Crippen LogP contribution in [-0.4, -0.2) is 69.1 Å². The number of nitrogens with zero attached hydrogens (tertiary/aromatic N) is 4. The number of hydrogen-bond acceptors (Lipinski definition) is 7. The van der Waals surface area contributed by atoms with Gasteiger partial charge in [-0.25, -0.2) is 0 Å². The van der Waals surface area contributed by atoms with Crippen LogP contribution < -0.4 is 10.6 Å². The van der Waals surface area contributed by atoms with E-state index >= 15 is 0 Å². The van der Waals surface area contributed by atoms with Crippen molar-refractivity contribution in [2.75, 3.05) is 6.54 Å². The maximum absolute atomic E-state index is 14.1. The molecule has 4 aliphatic rings. The number of carbonyl (C=O) groups excluding carboxylic acids is 3. The zero-order chi connectivity index (χ0) is 30.4. The summed E-state index contributed by atoms with van der Waals surface area (Å²) in [5.41, 5.74) is -1.08. The molecule has 2 aromatic rings. The van der Waals surface area contributed by atoms with Crippen LogP contribution in [0.5, 0.6) is 0 Å². The van der Waals surface area contributed by atoms with Crippen LogP contribution in [0.3, 0.4) is 0 Å². The third-order valence-electron chi connectivity index (χ3n) is 9.65. The zero-order valence-corrected chi connectivity index (χ0v) is 23.6. The Morgan fingerprint density at radius 1 is 1.14 bits per heavy atom. The van der Waals surface area contributed by atoms with Gasteiger partial charge in [0.15, 0.2) is 5.54 Å². The van der Waals surface area contributed by atoms with Crippen molar-refractivity contribution >= 4 is 28.5 Å². The predicted octanol–water partition coefficient (Wildman–Crippen LogP) is 2.51. The SMILES string of the molecule is C[C@@H](OC1(C)CC1)[C@H](NC(=O)C(F)(F)F)C(=O)N1C[C@H]2[C@@H]([C@H]1C(=O)NC1(C#N)Cc3cncc4cncc1c34)C2(C)C. The Labute approximate surface area is 240 Å². The summed E-state index contributed by atoms with van der Waals surface area (Å²) in [6.07, 6.45) is 1.61. The number of pyridine rings is 2. The lowest BCUT2D eigenvalue weighted by Crippen LogP contribution is -2.61. The van der Waals surface area contributed by atoms with E-state index in [9.17, 15) is 32.8 Å². The van der Waals surface area contributed by atoms with Crippen LogP contribution in [0.1, 0.15) is 51.7 Å². The summed E-state index contributed by atoms with van der Waals surface area (Å²) in [6.45, 7) is 7.29. The van der Waals surface area contributed by atoms with Crippen molar-refractivity contribution in [1.29, 1.82) is 5.26 Å². The van der Waals surface area contributed by atoms with Crippen molar-refractivity contribution in [1.82, 2.24) is 25.5 Å². The number of halogens is 3. The van der Waals surface area contributed by atoms with E-state index in [1.807, 2.05) is 19.2 Å². The van der Waals surface area contributed by atoms with Gasteiger partial charge in [0.05, 0.1) is 17.8 Å². The highest BCUT2D eigenvalue weighted by Gasteiger charge is 2.70. The number of rotatable bonds is 7. The molecule has 13 heteroatoms. The maximum Gasteiger partial charge on any atom is 0.471 e. The van der Waals surface area contributed by atoms with Crippen molar-refractivity contribution in [3.8, 4) is 6.07 Å². The molecule has 0 bridgehead atoms. The number of hydrogen-bond donors (Lipinski definition) is 2. The van der Waals surface area contributed by atoms with Crippen molar-refractivity contribution in [3.63, 3.8) is 0 Å². The van der Waals surface area contributed by atoms with E-state index < -0.39 is 53.2 Å².